The highest BCUT2D eigenvalue weighted by Crippen LogP contribution is 2.26. The van der Waals surface area contributed by atoms with Gasteiger partial charge in [-0.05, 0) is 12.8 Å². The molecule has 0 aromatic rings. The van der Waals surface area contributed by atoms with Gasteiger partial charge in [-0.25, -0.2) is 4.79 Å². The first kappa shape index (κ1) is 28.4. The largest absolute Gasteiger partial charge is 0.490 e. The smallest absolute Gasteiger partial charge is 0.475 e. The number of halogens is 3. The van der Waals surface area contributed by atoms with Gasteiger partial charge in [0.2, 0.25) is 0 Å². The highest BCUT2D eigenvalue weighted by Gasteiger charge is 2.40. The minimum atomic E-state index is -5.08. The number of allylic oxidation sites excluding steroid dienone is 1. The number of carboxylic acid groups (broad SMARTS) is 1. The summed E-state index contributed by atoms with van der Waals surface area (Å²) >= 11 is 0. The van der Waals surface area contributed by atoms with Crippen LogP contribution in [0.2, 0.25) is 0 Å². The molecular weight excluding hydrogens is 407 g/mol. The fourth-order valence-corrected chi connectivity index (χ4v) is 2.92. The summed E-state index contributed by atoms with van der Waals surface area (Å²) in [7, 11) is 1.64. The summed E-state index contributed by atoms with van der Waals surface area (Å²) in [6.45, 7) is 4.72. The third kappa shape index (κ3) is 11.5. The number of carbonyl (C=O) groups is 2. The third-order valence-electron chi connectivity index (χ3n) is 4.51. The van der Waals surface area contributed by atoms with E-state index >= 15 is 0 Å². The van der Waals surface area contributed by atoms with Gasteiger partial charge in [0.25, 0.3) is 0 Å². The van der Waals surface area contributed by atoms with Crippen molar-refractivity contribution in [2.75, 3.05) is 20.3 Å². The minimum Gasteiger partial charge on any atom is -0.475 e. The Bertz CT molecular complexity index is 527. The molecule has 30 heavy (non-hydrogen) atoms. The van der Waals surface area contributed by atoms with E-state index in [4.69, 9.17) is 29.8 Å². The molecule has 0 saturated carbocycles. The molecule has 0 radical (unpaired) electrons. The molecule has 1 saturated heterocycles. The van der Waals surface area contributed by atoms with Crippen molar-refractivity contribution in [1.82, 2.24) is 0 Å². The van der Waals surface area contributed by atoms with E-state index in [1.165, 1.54) is 32.1 Å². The molecule has 0 bridgehead atoms. The Balaban J connectivity index is 0.00000103. The second-order valence-corrected chi connectivity index (χ2v) is 7.07. The molecule has 1 fully saturated rings. The second kappa shape index (κ2) is 15.2. The standard InChI is InChI=1S/C18H33NO4.C2HF3O2/c1-4-5-6-7-8-9-10-11-15-18(23-16(20)12-19)17(21-3)14(2)13-22-15;3-2(4,5)1(6)7/h10-11,14-15,17-18H,4-9,12-13,19H2,1-3H3;(H,6,7)/b11-10-;/t14-,15-,17+,18-;/m0./s1. The molecule has 0 amide bonds. The monoisotopic (exact) mass is 441 g/mol. The van der Waals surface area contributed by atoms with Gasteiger partial charge < -0.3 is 25.1 Å². The van der Waals surface area contributed by atoms with E-state index in [-0.39, 0.29) is 24.7 Å². The quantitative estimate of drug-likeness (QED) is 0.304. The second-order valence-electron chi connectivity index (χ2n) is 7.07. The summed E-state index contributed by atoms with van der Waals surface area (Å²) in [6, 6.07) is 0. The van der Waals surface area contributed by atoms with Crippen molar-refractivity contribution in [1.29, 1.82) is 0 Å². The van der Waals surface area contributed by atoms with Crippen LogP contribution in [0.5, 0.6) is 0 Å². The van der Waals surface area contributed by atoms with Gasteiger partial charge in [0, 0.05) is 13.0 Å². The van der Waals surface area contributed by atoms with E-state index < -0.39 is 24.2 Å². The minimum absolute atomic E-state index is 0.130. The Morgan fingerprint density at radius 3 is 2.30 bits per heavy atom. The number of methoxy groups -OCH3 is 1. The molecule has 1 aliphatic rings. The Morgan fingerprint density at radius 1 is 1.20 bits per heavy atom. The molecule has 0 unspecified atom stereocenters. The van der Waals surface area contributed by atoms with Crippen LogP contribution in [0.1, 0.15) is 52.4 Å². The van der Waals surface area contributed by atoms with Crippen molar-refractivity contribution in [3.63, 3.8) is 0 Å². The van der Waals surface area contributed by atoms with Gasteiger partial charge in [-0.2, -0.15) is 13.2 Å². The molecule has 1 aliphatic heterocycles. The lowest BCUT2D eigenvalue weighted by atomic mass is 9.93. The number of rotatable bonds is 10. The third-order valence-corrected chi connectivity index (χ3v) is 4.51. The maximum atomic E-state index is 11.6. The van der Waals surface area contributed by atoms with Gasteiger partial charge >= 0.3 is 18.1 Å². The Kier molecular flexibility index (Phi) is 14.4. The van der Waals surface area contributed by atoms with E-state index in [1.807, 2.05) is 13.0 Å². The number of hydrogen-bond acceptors (Lipinski definition) is 6. The van der Waals surface area contributed by atoms with Crippen molar-refractivity contribution in [3.05, 3.63) is 12.2 Å². The van der Waals surface area contributed by atoms with Crippen molar-refractivity contribution in [3.8, 4) is 0 Å². The summed E-state index contributed by atoms with van der Waals surface area (Å²) in [6.07, 6.45) is 5.51. The zero-order chi connectivity index (χ0) is 23.2. The van der Waals surface area contributed by atoms with Gasteiger partial charge in [-0.15, -0.1) is 0 Å². The number of nitrogens with two attached hydrogens (primary N) is 1. The molecule has 4 atom stereocenters. The molecule has 0 aliphatic carbocycles. The number of aliphatic carboxylic acids is 1. The zero-order valence-electron chi connectivity index (χ0n) is 17.8. The van der Waals surface area contributed by atoms with Crippen LogP contribution in [0.4, 0.5) is 13.2 Å². The highest BCUT2D eigenvalue weighted by molar-refractivity contribution is 5.73. The first-order valence-electron chi connectivity index (χ1n) is 10.1. The molecular formula is C20H34F3NO6. The van der Waals surface area contributed by atoms with E-state index in [0.717, 1.165) is 6.42 Å². The summed E-state index contributed by atoms with van der Waals surface area (Å²) in [5.74, 6) is -3.01. The van der Waals surface area contributed by atoms with Crippen LogP contribution in [-0.4, -0.2) is 61.8 Å². The number of ether oxygens (including phenoxy) is 3. The fraction of sp³-hybridized carbons (Fsp3) is 0.800. The number of carboxylic acids is 1. The Morgan fingerprint density at radius 2 is 1.80 bits per heavy atom. The van der Waals surface area contributed by atoms with Gasteiger partial charge in [0.15, 0.2) is 6.10 Å². The number of esters is 1. The Labute approximate surface area is 175 Å². The molecule has 3 N–H and O–H groups in total. The van der Waals surface area contributed by atoms with Crippen LogP contribution >= 0.6 is 0 Å². The van der Waals surface area contributed by atoms with Gasteiger partial charge in [0.1, 0.15) is 12.2 Å². The first-order chi connectivity index (χ1) is 14.1. The molecule has 176 valence electrons. The molecule has 0 aromatic carbocycles. The number of alkyl halides is 3. The maximum absolute atomic E-state index is 11.6. The molecule has 10 heteroatoms. The van der Waals surface area contributed by atoms with Gasteiger partial charge in [0.05, 0.1) is 13.2 Å². The number of hydrogen-bond donors (Lipinski definition) is 2. The SMILES string of the molecule is CCCCCCC/C=C\[C@@H]1OC[C@H](C)[C@@H](OC)[C@H]1OC(=O)CN.O=C(O)C(F)(F)F. The normalized spacial score (nSPS) is 24.2. The van der Waals surface area contributed by atoms with E-state index in [0.29, 0.717) is 6.61 Å². The lowest BCUT2D eigenvalue weighted by molar-refractivity contribution is -0.192. The average Bonchev–Trinajstić information content (AvgIpc) is 2.68. The highest BCUT2D eigenvalue weighted by atomic mass is 19.4. The molecule has 0 aromatic heterocycles. The van der Waals surface area contributed by atoms with Crippen LogP contribution in [0.25, 0.3) is 0 Å². The average molecular weight is 441 g/mol. The molecule has 0 spiro atoms. The van der Waals surface area contributed by atoms with E-state index in [9.17, 15) is 18.0 Å². The fourth-order valence-electron chi connectivity index (χ4n) is 2.92. The van der Waals surface area contributed by atoms with E-state index in [1.54, 1.807) is 7.11 Å². The summed E-state index contributed by atoms with van der Waals surface area (Å²) in [5.41, 5.74) is 5.36. The van der Waals surface area contributed by atoms with Crippen LogP contribution < -0.4 is 5.73 Å². The lowest BCUT2D eigenvalue weighted by Gasteiger charge is -2.39. The summed E-state index contributed by atoms with van der Waals surface area (Å²) < 4.78 is 48.6. The number of unbranched alkanes of at least 4 members (excludes halogenated alkanes) is 5. The Hall–Kier alpha value is -1.65. The lowest BCUT2D eigenvalue weighted by Crippen LogP contribution is -2.52. The predicted molar refractivity (Wildman–Crippen MR) is 105 cm³/mol. The first-order valence-corrected chi connectivity index (χ1v) is 10.1. The van der Waals surface area contributed by atoms with Crippen LogP contribution in [0, 0.1) is 5.92 Å². The van der Waals surface area contributed by atoms with Gasteiger partial charge in [-0.3, -0.25) is 4.79 Å². The van der Waals surface area contributed by atoms with E-state index in [2.05, 4.69) is 13.0 Å². The summed E-state index contributed by atoms with van der Waals surface area (Å²) in [5, 5.41) is 7.12. The molecule has 1 rings (SSSR count). The van der Waals surface area contributed by atoms with Crippen molar-refractivity contribution in [2.45, 2.75) is 76.9 Å². The van der Waals surface area contributed by atoms with Crippen LogP contribution in [0.15, 0.2) is 12.2 Å². The molecule has 7 nitrogen and oxygen atoms in total. The topological polar surface area (TPSA) is 108 Å². The van der Waals surface area contributed by atoms with Crippen LogP contribution in [0.3, 0.4) is 0 Å². The number of carbonyl (C=O) groups excluding carboxylic acids is 1. The van der Waals surface area contributed by atoms with Gasteiger partial charge in [-0.1, -0.05) is 51.7 Å². The van der Waals surface area contributed by atoms with Crippen molar-refractivity contribution < 1.29 is 42.1 Å². The van der Waals surface area contributed by atoms with Crippen molar-refractivity contribution >= 4 is 11.9 Å². The molecule has 1 heterocycles. The summed E-state index contributed by atoms with van der Waals surface area (Å²) in [4.78, 5) is 20.5. The van der Waals surface area contributed by atoms with Crippen LogP contribution in [-0.2, 0) is 23.8 Å². The zero-order valence-corrected chi connectivity index (χ0v) is 17.8. The van der Waals surface area contributed by atoms with Crippen molar-refractivity contribution in [2.24, 2.45) is 11.7 Å². The maximum Gasteiger partial charge on any atom is 0.490 e. The predicted octanol–water partition coefficient (Wildman–Crippen LogP) is 3.46.